The second-order valence-corrected chi connectivity index (χ2v) is 6.67. The molecule has 0 radical (unpaired) electrons. The number of hydrogen-bond donors (Lipinski definition) is 1. The zero-order valence-electron chi connectivity index (χ0n) is 10.7. The average Bonchev–Trinajstić information content (AvgIpc) is 2.74. The Labute approximate surface area is 134 Å². The van der Waals surface area contributed by atoms with E-state index in [9.17, 15) is 4.79 Å². The minimum Gasteiger partial charge on any atom is -0.340 e. The molecule has 0 aliphatic heterocycles. The number of hydrogen-bond acceptors (Lipinski definition) is 1. The van der Waals surface area contributed by atoms with Crippen molar-refractivity contribution in [2.45, 2.75) is 19.9 Å². The van der Waals surface area contributed by atoms with Gasteiger partial charge in [0.1, 0.15) is 5.69 Å². The lowest BCUT2D eigenvalue weighted by Gasteiger charge is -2.12. The van der Waals surface area contributed by atoms with Crippen molar-refractivity contribution in [3.63, 3.8) is 0 Å². The lowest BCUT2D eigenvalue weighted by molar-refractivity contribution is 0.101. The standard InChI is InChI=1S/C14H14BrIN2O/c1-9(2)18-8-10(15)7-13(18)14(19)17-12-5-3-11(16)4-6-12/h3-9H,1-2H3,(H,17,19). The summed E-state index contributed by atoms with van der Waals surface area (Å²) in [5, 5.41) is 2.91. The summed E-state index contributed by atoms with van der Waals surface area (Å²) in [5.41, 5.74) is 1.46. The molecular formula is C14H14BrIN2O. The maximum atomic E-state index is 12.3. The third-order valence-electron chi connectivity index (χ3n) is 2.71. The molecule has 5 heteroatoms. The van der Waals surface area contributed by atoms with Crippen LogP contribution in [0.15, 0.2) is 41.0 Å². The summed E-state index contributed by atoms with van der Waals surface area (Å²) in [5.74, 6) is -0.0967. The first kappa shape index (κ1) is 14.6. The first-order valence-corrected chi connectivity index (χ1v) is 7.79. The Hall–Kier alpha value is -0.820. The Balaban J connectivity index is 2.22. The van der Waals surface area contributed by atoms with Gasteiger partial charge in [-0.15, -0.1) is 0 Å². The summed E-state index contributed by atoms with van der Waals surface area (Å²) in [6.07, 6.45) is 1.92. The van der Waals surface area contributed by atoms with Gasteiger partial charge < -0.3 is 9.88 Å². The fourth-order valence-corrected chi connectivity index (χ4v) is 2.58. The number of halogens is 2. The SMILES string of the molecule is CC(C)n1cc(Br)cc1C(=O)Nc1ccc(I)cc1. The molecule has 0 aliphatic rings. The maximum absolute atomic E-state index is 12.3. The number of carbonyl (C=O) groups excluding carboxylic acids is 1. The molecule has 0 fully saturated rings. The van der Waals surface area contributed by atoms with Crippen LogP contribution in [0.1, 0.15) is 30.4 Å². The van der Waals surface area contributed by atoms with Crippen LogP contribution in [0.3, 0.4) is 0 Å². The van der Waals surface area contributed by atoms with E-state index in [4.69, 9.17) is 0 Å². The van der Waals surface area contributed by atoms with Crippen molar-refractivity contribution in [2.75, 3.05) is 5.32 Å². The Morgan fingerprint density at radius 3 is 2.53 bits per heavy atom. The highest BCUT2D eigenvalue weighted by Gasteiger charge is 2.15. The quantitative estimate of drug-likeness (QED) is 0.701. The van der Waals surface area contributed by atoms with E-state index in [0.29, 0.717) is 5.69 Å². The third-order valence-corrected chi connectivity index (χ3v) is 3.86. The highest BCUT2D eigenvalue weighted by atomic mass is 127. The molecule has 0 unspecified atom stereocenters. The summed E-state index contributed by atoms with van der Waals surface area (Å²) in [6.45, 7) is 4.10. The highest BCUT2D eigenvalue weighted by Crippen LogP contribution is 2.21. The summed E-state index contributed by atoms with van der Waals surface area (Å²) in [6, 6.07) is 9.81. The van der Waals surface area contributed by atoms with Crippen LogP contribution < -0.4 is 5.32 Å². The van der Waals surface area contributed by atoms with E-state index >= 15 is 0 Å². The molecule has 3 nitrogen and oxygen atoms in total. The number of amides is 1. The Bertz CT molecular complexity index is 590. The first-order valence-electron chi connectivity index (χ1n) is 5.91. The van der Waals surface area contributed by atoms with Gasteiger partial charge in [-0.1, -0.05) is 0 Å². The molecule has 2 rings (SSSR count). The van der Waals surface area contributed by atoms with Gasteiger partial charge in [-0.25, -0.2) is 0 Å². The van der Waals surface area contributed by atoms with Crippen LogP contribution in [-0.4, -0.2) is 10.5 Å². The van der Waals surface area contributed by atoms with Crippen molar-refractivity contribution in [2.24, 2.45) is 0 Å². The summed E-state index contributed by atoms with van der Waals surface area (Å²) in [7, 11) is 0. The van der Waals surface area contributed by atoms with Crippen molar-refractivity contribution in [3.05, 3.63) is 50.3 Å². The molecule has 0 aliphatic carbocycles. The zero-order chi connectivity index (χ0) is 14.0. The molecule has 1 heterocycles. The van der Waals surface area contributed by atoms with Crippen molar-refractivity contribution < 1.29 is 4.79 Å². The zero-order valence-corrected chi connectivity index (χ0v) is 14.4. The molecule has 0 atom stereocenters. The van der Waals surface area contributed by atoms with Crippen LogP contribution in [0.4, 0.5) is 5.69 Å². The number of aromatic nitrogens is 1. The molecule has 0 spiro atoms. The van der Waals surface area contributed by atoms with E-state index in [0.717, 1.165) is 13.7 Å². The van der Waals surface area contributed by atoms with Gasteiger partial charge in [0.15, 0.2) is 0 Å². The Morgan fingerprint density at radius 2 is 1.95 bits per heavy atom. The monoisotopic (exact) mass is 432 g/mol. The normalized spacial score (nSPS) is 10.8. The molecule has 19 heavy (non-hydrogen) atoms. The van der Waals surface area contributed by atoms with Crippen LogP contribution in [0.25, 0.3) is 0 Å². The van der Waals surface area contributed by atoms with Crippen molar-refractivity contribution >= 4 is 50.1 Å². The molecule has 0 bridgehead atoms. The number of anilines is 1. The molecule has 1 aromatic heterocycles. The molecule has 2 aromatic rings. The molecule has 100 valence electrons. The van der Waals surface area contributed by atoms with E-state index < -0.39 is 0 Å². The van der Waals surface area contributed by atoms with E-state index in [-0.39, 0.29) is 11.9 Å². The second kappa shape index (κ2) is 6.09. The van der Waals surface area contributed by atoms with E-state index in [2.05, 4.69) is 43.8 Å². The Morgan fingerprint density at radius 1 is 1.32 bits per heavy atom. The summed E-state index contributed by atoms with van der Waals surface area (Å²) >= 11 is 5.65. The number of nitrogens with one attached hydrogen (secondary N) is 1. The Kier molecular flexibility index (Phi) is 4.67. The molecule has 0 saturated carbocycles. The van der Waals surface area contributed by atoms with Crippen molar-refractivity contribution in [3.8, 4) is 0 Å². The lowest BCUT2D eigenvalue weighted by Crippen LogP contribution is -2.17. The van der Waals surface area contributed by atoms with Crippen molar-refractivity contribution in [1.82, 2.24) is 4.57 Å². The van der Waals surface area contributed by atoms with Gasteiger partial charge in [0, 0.05) is 26.0 Å². The summed E-state index contributed by atoms with van der Waals surface area (Å²) in [4.78, 5) is 12.3. The summed E-state index contributed by atoms with van der Waals surface area (Å²) < 4.78 is 4.00. The topological polar surface area (TPSA) is 34.0 Å². The number of nitrogens with zero attached hydrogens (tertiary/aromatic N) is 1. The van der Waals surface area contributed by atoms with Gasteiger partial charge in [0.05, 0.1) is 0 Å². The van der Waals surface area contributed by atoms with Gasteiger partial charge in [0.2, 0.25) is 0 Å². The smallest absolute Gasteiger partial charge is 0.272 e. The maximum Gasteiger partial charge on any atom is 0.272 e. The van der Waals surface area contributed by atoms with Crippen molar-refractivity contribution in [1.29, 1.82) is 0 Å². The van der Waals surface area contributed by atoms with E-state index in [1.165, 1.54) is 0 Å². The predicted molar refractivity (Wildman–Crippen MR) is 89.6 cm³/mol. The molecule has 1 amide bonds. The molecule has 1 N–H and O–H groups in total. The number of rotatable bonds is 3. The molecule has 0 saturated heterocycles. The van der Waals surface area contributed by atoms with Crippen LogP contribution in [0, 0.1) is 3.57 Å². The van der Waals surface area contributed by atoms with E-state index in [1.54, 1.807) is 0 Å². The third kappa shape index (κ3) is 3.60. The van der Waals surface area contributed by atoms with Gasteiger partial charge in [-0.3, -0.25) is 4.79 Å². The van der Waals surface area contributed by atoms with Gasteiger partial charge >= 0.3 is 0 Å². The highest BCUT2D eigenvalue weighted by molar-refractivity contribution is 14.1. The van der Waals surface area contributed by atoms with Crippen LogP contribution in [0.5, 0.6) is 0 Å². The second-order valence-electron chi connectivity index (χ2n) is 4.51. The minimum absolute atomic E-state index is 0.0967. The number of benzene rings is 1. The molecule has 1 aromatic carbocycles. The predicted octanol–water partition coefficient (Wildman–Crippen LogP) is 4.69. The van der Waals surface area contributed by atoms with Gasteiger partial charge in [-0.2, -0.15) is 0 Å². The fraction of sp³-hybridized carbons (Fsp3) is 0.214. The molecular weight excluding hydrogens is 419 g/mol. The number of carbonyl (C=O) groups is 1. The van der Waals surface area contributed by atoms with Gasteiger partial charge in [0.25, 0.3) is 5.91 Å². The van der Waals surface area contributed by atoms with Crippen LogP contribution >= 0.6 is 38.5 Å². The largest absolute Gasteiger partial charge is 0.340 e. The fourth-order valence-electron chi connectivity index (χ4n) is 1.78. The van der Waals surface area contributed by atoms with Crippen LogP contribution in [-0.2, 0) is 0 Å². The average molecular weight is 433 g/mol. The van der Waals surface area contributed by atoms with Gasteiger partial charge in [-0.05, 0) is 82.7 Å². The lowest BCUT2D eigenvalue weighted by atomic mass is 10.3. The minimum atomic E-state index is -0.0967. The van der Waals surface area contributed by atoms with Crippen LogP contribution in [0.2, 0.25) is 0 Å². The van der Waals surface area contributed by atoms with E-state index in [1.807, 2.05) is 54.9 Å². The first-order chi connectivity index (χ1) is 8.97.